The molecule has 4 atom stereocenters. The lowest BCUT2D eigenvalue weighted by atomic mass is 9.70. The molecule has 1 N–H and O–H groups in total. The minimum absolute atomic E-state index is 0.0757. The van der Waals surface area contributed by atoms with Gasteiger partial charge in [0.1, 0.15) is 11.2 Å². The molecule has 32 heavy (non-hydrogen) atoms. The first-order valence-electron chi connectivity index (χ1n) is 9.93. The van der Waals surface area contributed by atoms with Crippen molar-refractivity contribution in [2.45, 2.75) is 37.8 Å². The Morgan fingerprint density at radius 1 is 1.09 bits per heavy atom. The fourth-order valence-corrected chi connectivity index (χ4v) is 4.70. The smallest absolute Gasteiger partial charge is 0.320 e. The van der Waals surface area contributed by atoms with Gasteiger partial charge in [-0.2, -0.15) is 0 Å². The number of nitrogens with zero attached hydrogens (tertiary/aromatic N) is 2. The van der Waals surface area contributed by atoms with Crippen molar-refractivity contribution in [1.82, 2.24) is 0 Å². The summed E-state index contributed by atoms with van der Waals surface area (Å²) < 4.78 is 5.16. The van der Waals surface area contributed by atoms with Crippen molar-refractivity contribution in [3.8, 4) is 0 Å². The third-order valence-electron chi connectivity index (χ3n) is 6.12. The molecule has 3 rings (SSSR count). The van der Waals surface area contributed by atoms with Gasteiger partial charge in [-0.15, -0.1) is 0 Å². The van der Waals surface area contributed by atoms with Gasteiger partial charge in [0.15, 0.2) is 5.60 Å². The second kappa shape index (κ2) is 8.46. The van der Waals surface area contributed by atoms with Crippen molar-refractivity contribution in [2.24, 2.45) is 5.41 Å². The fraction of sp³-hybridized carbons (Fsp3) is 0.364. The number of benzene rings is 2. The highest BCUT2D eigenvalue weighted by molar-refractivity contribution is 6.04. The predicted molar refractivity (Wildman–Crippen MR) is 111 cm³/mol. The number of rotatable bonds is 7. The molecule has 1 aliphatic carbocycles. The van der Waals surface area contributed by atoms with Gasteiger partial charge in [0.2, 0.25) is 0 Å². The Morgan fingerprint density at radius 2 is 1.69 bits per heavy atom. The molecule has 1 saturated carbocycles. The number of non-ortho nitro benzene ring substituents is 1. The van der Waals surface area contributed by atoms with Crippen LogP contribution in [-0.4, -0.2) is 39.4 Å². The van der Waals surface area contributed by atoms with Crippen LogP contribution in [0.4, 0.5) is 5.69 Å². The Kier molecular flexibility index (Phi) is 6.09. The van der Waals surface area contributed by atoms with Crippen LogP contribution in [0.15, 0.2) is 54.6 Å². The van der Waals surface area contributed by atoms with E-state index in [1.165, 1.54) is 31.2 Å². The third-order valence-corrected chi connectivity index (χ3v) is 6.12. The minimum atomic E-state index is -2.17. The first kappa shape index (κ1) is 23.0. The van der Waals surface area contributed by atoms with Gasteiger partial charge in [-0.3, -0.25) is 29.8 Å². The van der Waals surface area contributed by atoms with Gasteiger partial charge in [0, 0.05) is 23.5 Å². The fourth-order valence-electron chi connectivity index (χ4n) is 4.70. The van der Waals surface area contributed by atoms with E-state index in [1.54, 1.807) is 18.2 Å². The van der Waals surface area contributed by atoms with Gasteiger partial charge in [-0.05, 0) is 25.0 Å². The van der Waals surface area contributed by atoms with E-state index in [2.05, 4.69) is 0 Å². The first-order chi connectivity index (χ1) is 15.1. The minimum Gasteiger partial charge on any atom is -0.465 e. The van der Waals surface area contributed by atoms with Crippen LogP contribution in [0.1, 0.15) is 37.3 Å². The van der Waals surface area contributed by atoms with Crippen LogP contribution >= 0.6 is 0 Å². The Bertz CT molecular complexity index is 1060. The normalized spacial score (nSPS) is 27.0. The topological polar surface area (TPSA) is 150 Å². The van der Waals surface area contributed by atoms with Crippen LogP contribution in [-0.2, 0) is 19.9 Å². The summed E-state index contributed by atoms with van der Waals surface area (Å²) in [5, 5.41) is 35.0. The van der Waals surface area contributed by atoms with E-state index in [-0.39, 0.29) is 23.4 Å². The summed E-state index contributed by atoms with van der Waals surface area (Å²) in [6, 6.07) is 10.9. The van der Waals surface area contributed by atoms with Gasteiger partial charge in [0.25, 0.3) is 11.7 Å². The maximum Gasteiger partial charge on any atom is 0.320 e. The maximum absolute atomic E-state index is 13.2. The van der Waals surface area contributed by atoms with E-state index < -0.39 is 51.0 Å². The monoisotopic (exact) mass is 442 g/mol. The zero-order chi connectivity index (χ0) is 23.7. The van der Waals surface area contributed by atoms with Crippen molar-refractivity contribution < 1.29 is 29.3 Å². The number of Topliss-reactive ketones (excluding diaryl/α,β-unsaturated/α-hetero) is 1. The number of hydrogen-bond donors (Lipinski definition) is 1. The van der Waals surface area contributed by atoms with Crippen molar-refractivity contribution in [3.63, 3.8) is 0 Å². The summed E-state index contributed by atoms with van der Waals surface area (Å²) in [4.78, 5) is 48.2. The van der Waals surface area contributed by atoms with Crippen molar-refractivity contribution in [3.05, 3.63) is 86.0 Å². The van der Waals surface area contributed by atoms with E-state index in [1.807, 2.05) is 0 Å². The summed E-state index contributed by atoms with van der Waals surface area (Å²) in [7, 11) is 0. The number of nitro benzene ring substituents is 1. The number of esters is 1. The SMILES string of the molecule is CCOC(=O)[C@]1(C(C)=O)C[C@](O)(c2ccccc2)[C@@H]([N+](=O)[O-])[C@@H]1c1ccc([N+](=O)[O-])cc1. The lowest BCUT2D eigenvalue weighted by Crippen LogP contribution is -2.45. The molecular formula is C22H22N2O8. The van der Waals surface area contributed by atoms with E-state index in [9.17, 15) is 34.9 Å². The van der Waals surface area contributed by atoms with Gasteiger partial charge in [-0.25, -0.2) is 0 Å². The zero-order valence-corrected chi connectivity index (χ0v) is 17.5. The molecule has 0 amide bonds. The van der Waals surface area contributed by atoms with Crippen LogP contribution in [0.2, 0.25) is 0 Å². The molecule has 0 aliphatic heterocycles. The molecule has 2 aromatic carbocycles. The summed E-state index contributed by atoms with van der Waals surface area (Å²) in [5.74, 6) is -3.09. The molecule has 0 aromatic heterocycles. The third kappa shape index (κ3) is 3.52. The number of nitro groups is 2. The molecule has 10 heteroatoms. The summed E-state index contributed by atoms with van der Waals surface area (Å²) >= 11 is 0. The Labute approximate surface area is 183 Å². The molecule has 1 fully saturated rings. The number of carbonyl (C=O) groups excluding carboxylic acids is 2. The molecule has 168 valence electrons. The molecular weight excluding hydrogens is 420 g/mol. The van der Waals surface area contributed by atoms with Crippen LogP contribution in [0.3, 0.4) is 0 Å². The highest BCUT2D eigenvalue weighted by Gasteiger charge is 2.73. The average molecular weight is 442 g/mol. The summed E-state index contributed by atoms with van der Waals surface area (Å²) in [6.07, 6.45) is -0.564. The lowest BCUT2D eigenvalue weighted by molar-refractivity contribution is -0.547. The van der Waals surface area contributed by atoms with Crippen LogP contribution in [0.25, 0.3) is 0 Å². The lowest BCUT2D eigenvalue weighted by Gasteiger charge is -2.30. The second-order valence-corrected chi connectivity index (χ2v) is 7.77. The summed E-state index contributed by atoms with van der Waals surface area (Å²) in [6.45, 7) is 2.59. The van der Waals surface area contributed by atoms with E-state index in [0.29, 0.717) is 0 Å². The van der Waals surface area contributed by atoms with E-state index in [4.69, 9.17) is 4.74 Å². The number of hydrogen-bond acceptors (Lipinski definition) is 8. The molecule has 0 radical (unpaired) electrons. The van der Waals surface area contributed by atoms with Crippen LogP contribution < -0.4 is 0 Å². The molecule has 0 spiro atoms. The highest BCUT2D eigenvalue weighted by Crippen LogP contribution is 2.59. The van der Waals surface area contributed by atoms with Gasteiger partial charge >= 0.3 is 5.97 Å². The summed E-state index contributed by atoms with van der Waals surface area (Å²) in [5.41, 5.74) is -4.16. The Morgan fingerprint density at radius 3 is 2.16 bits per heavy atom. The molecule has 0 unspecified atom stereocenters. The quantitative estimate of drug-likeness (QED) is 0.298. The molecule has 10 nitrogen and oxygen atoms in total. The van der Waals surface area contributed by atoms with Gasteiger partial charge in [0.05, 0.1) is 17.4 Å². The number of ketones is 1. The van der Waals surface area contributed by atoms with Crippen LogP contribution in [0.5, 0.6) is 0 Å². The Hall–Kier alpha value is -3.66. The van der Waals surface area contributed by atoms with E-state index in [0.717, 1.165) is 19.1 Å². The standard InChI is InChI=1S/C22H22N2O8/c1-3-32-20(26)21(14(2)25)13-22(27,16-7-5-4-6-8-16)19(24(30)31)18(21)15-9-11-17(12-10-15)23(28)29/h4-12,18-19,27H,3,13H2,1-2H3/t18-,19-,21-,22-/m0/s1. The first-order valence-corrected chi connectivity index (χ1v) is 9.93. The number of carbonyl (C=O) groups is 2. The maximum atomic E-state index is 13.2. The van der Waals surface area contributed by atoms with Crippen LogP contribution in [0, 0.1) is 25.6 Å². The van der Waals surface area contributed by atoms with Gasteiger partial charge in [-0.1, -0.05) is 42.5 Å². The van der Waals surface area contributed by atoms with Crippen molar-refractivity contribution >= 4 is 17.4 Å². The van der Waals surface area contributed by atoms with Crippen molar-refractivity contribution in [1.29, 1.82) is 0 Å². The second-order valence-electron chi connectivity index (χ2n) is 7.77. The molecule has 2 aromatic rings. The zero-order valence-electron chi connectivity index (χ0n) is 17.5. The predicted octanol–water partition coefficient (Wildman–Crippen LogP) is 2.75. The Balaban J connectivity index is 2.32. The average Bonchev–Trinajstić information content (AvgIpc) is 3.06. The molecule has 0 saturated heterocycles. The molecule has 0 bridgehead atoms. The number of ether oxygens (including phenoxy) is 1. The molecule has 0 heterocycles. The highest BCUT2D eigenvalue weighted by atomic mass is 16.6. The van der Waals surface area contributed by atoms with Gasteiger partial charge < -0.3 is 9.84 Å². The largest absolute Gasteiger partial charge is 0.465 e. The number of aliphatic hydroxyl groups is 1. The van der Waals surface area contributed by atoms with E-state index >= 15 is 0 Å². The van der Waals surface area contributed by atoms with Crippen molar-refractivity contribution in [2.75, 3.05) is 6.61 Å². The molecule has 1 aliphatic rings.